The molecule has 0 atom stereocenters. The van der Waals surface area contributed by atoms with Crippen molar-refractivity contribution in [2.75, 3.05) is 11.1 Å². The zero-order valence-corrected chi connectivity index (χ0v) is 17.3. The van der Waals surface area contributed by atoms with E-state index >= 15 is 0 Å². The maximum atomic E-state index is 12.1. The summed E-state index contributed by atoms with van der Waals surface area (Å²) in [6.07, 6.45) is 0. The summed E-state index contributed by atoms with van der Waals surface area (Å²) in [5.41, 5.74) is 2.97. The smallest absolute Gasteiger partial charge is 0.277 e. The lowest BCUT2D eigenvalue weighted by molar-refractivity contribution is -0.113. The lowest BCUT2D eigenvalue weighted by Gasteiger charge is -2.07. The molecule has 3 aromatic rings. The van der Waals surface area contributed by atoms with Gasteiger partial charge in [0.25, 0.3) is 11.1 Å². The number of anilines is 1. The number of benzene rings is 2. The molecule has 2 aromatic carbocycles. The summed E-state index contributed by atoms with van der Waals surface area (Å²) in [5, 5.41) is 20.0. The third-order valence-electron chi connectivity index (χ3n) is 3.84. The number of rotatable bonds is 7. The second-order valence-electron chi connectivity index (χ2n) is 6.16. The van der Waals surface area contributed by atoms with E-state index in [0.717, 1.165) is 28.6 Å². The van der Waals surface area contributed by atoms with E-state index in [4.69, 9.17) is 26.0 Å². The number of ether oxygens (including phenoxy) is 1. The molecule has 0 fully saturated rings. The molecule has 0 saturated carbocycles. The predicted octanol–water partition coefficient (Wildman–Crippen LogP) is 4.52. The van der Waals surface area contributed by atoms with Crippen molar-refractivity contribution in [3.05, 3.63) is 64.0 Å². The van der Waals surface area contributed by atoms with Gasteiger partial charge in [0.2, 0.25) is 5.91 Å². The highest BCUT2D eigenvalue weighted by Gasteiger charge is 2.12. The van der Waals surface area contributed by atoms with Gasteiger partial charge in [-0.15, -0.1) is 10.2 Å². The van der Waals surface area contributed by atoms with Gasteiger partial charge in [-0.2, -0.15) is 5.26 Å². The molecule has 1 aromatic heterocycles. The van der Waals surface area contributed by atoms with Gasteiger partial charge < -0.3 is 14.5 Å². The summed E-state index contributed by atoms with van der Waals surface area (Å²) < 4.78 is 11.2. The van der Waals surface area contributed by atoms with Crippen LogP contribution in [0.4, 0.5) is 5.69 Å². The maximum absolute atomic E-state index is 12.1. The average Bonchev–Trinajstić information content (AvgIpc) is 3.15. The summed E-state index contributed by atoms with van der Waals surface area (Å²) >= 11 is 7.07. The van der Waals surface area contributed by atoms with Gasteiger partial charge in [0.05, 0.1) is 16.3 Å². The molecule has 0 aliphatic rings. The Morgan fingerprint density at radius 3 is 2.86 bits per heavy atom. The molecule has 0 aliphatic heterocycles. The molecule has 0 aliphatic carbocycles. The van der Waals surface area contributed by atoms with Gasteiger partial charge in [-0.3, -0.25) is 4.79 Å². The van der Waals surface area contributed by atoms with Crippen LogP contribution in [0.15, 0.2) is 46.0 Å². The number of nitriles is 1. The van der Waals surface area contributed by atoms with Gasteiger partial charge in [0.1, 0.15) is 11.8 Å². The third kappa shape index (κ3) is 5.73. The fourth-order valence-corrected chi connectivity index (χ4v) is 3.17. The number of hydrogen-bond donors (Lipinski definition) is 1. The van der Waals surface area contributed by atoms with Crippen molar-refractivity contribution < 1.29 is 13.9 Å². The normalized spacial score (nSPS) is 10.4. The number of amides is 1. The minimum atomic E-state index is -0.262. The molecular weight excluding hydrogens is 412 g/mol. The van der Waals surface area contributed by atoms with E-state index in [1.165, 1.54) is 6.07 Å². The predicted molar refractivity (Wildman–Crippen MR) is 110 cm³/mol. The van der Waals surface area contributed by atoms with Gasteiger partial charge >= 0.3 is 0 Å². The number of halogens is 1. The first-order valence-corrected chi connectivity index (χ1v) is 9.95. The maximum Gasteiger partial charge on any atom is 0.277 e. The lowest BCUT2D eigenvalue weighted by Crippen LogP contribution is -2.14. The second kappa shape index (κ2) is 9.45. The van der Waals surface area contributed by atoms with Crippen LogP contribution in [0.25, 0.3) is 0 Å². The van der Waals surface area contributed by atoms with Gasteiger partial charge in [-0.1, -0.05) is 35.5 Å². The summed E-state index contributed by atoms with van der Waals surface area (Å²) in [4.78, 5) is 12.1. The van der Waals surface area contributed by atoms with Gasteiger partial charge in [0.15, 0.2) is 6.61 Å². The van der Waals surface area contributed by atoms with Crippen molar-refractivity contribution in [3.63, 3.8) is 0 Å². The van der Waals surface area contributed by atoms with Crippen LogP contribution >= 0.6 is 23.4 Å². The molecule has 7 nitrogen and oxygen atoms in total. The Morgan fingerprint density at radius 2 is 2.10 bits per heavy atom. The first kappa shape index (κ1) is 20.7. The zero-order chi connectivity index (χ0) is 20.8. The van der Waals surface area contributed by atoms with Crippen molar-refractivity contribution in [1.82, 2.24) is 10.2 Å². The first-order chi connectivity index (χ1) is 13.9. The largest absolute Gasteiger partial charge is 0.484 e. The number of nitrogens with zero attached hydrogens (tertiary/aromatic N) is 3. The Kier molecular flexibility index (Phi) is 6.75. The fourth-order valence-electron chi connectivity index (χ4n) is 2.37. The van der Waals surface area contributed by atoms with E-state index in [1.807, 2.05) is 38.1 Å². The molecule has 9 heteroatoms. The molecule has 0 spiro atoms. The first-order valence-electron chi connectivity index (χ1n) is 8.59. The average molecular weight is 429 g/mol. The number of aromatic nitrogens is 2. The number of aryl methyl sites for hydroxylation is 2. The van der Waals surface area contributed by atoms with E-state index in [-0.39, 0.29) is 28.5 Å². The van der Waals surface area contributed by atoms with Crippen molar-refractivity contribution in [1.29, 1.82) is 5.26 Å². The monoisotopic (exact) mass is 428 g/mol. The van der Waals surface area contributed by atoms with Gasteiger partial charge in [0, 0.05) is 5.69 Å². The molecule has 1 heterocycles. The van der Waals surface area contributed by atoms with Crippen LogP contribution in [0, 0.1) is 25.2 Å². The summed E-state index contributed by atoms with van der Waals surface area (Å²) in [5.74, 6) is 0.907. The molecule has 0 saturated heterocycles. The Bertz CT molecular complexity index is 1080. The molecule has 3 rings (SSSR count). The molecule has 1 N–H and O–H groups in total. The SMILES string of the molecule is Cc1ccc(C)c(OCc2nnc(SCC(=O)Nc3ccc(C#N)c(Cl)c3)o2)c1. The summed E-state index contributed by atoms with van der Waals surface area (Å²) in [6, 6.07) is 12.6. The summed E-state index contributed by atoms with van der Waals surface area (Å²) in [7, 11) is 0. The van der Waals surface area contributed by atoms with E-state index in [1.54, 1.807) is 12.1 Å². The van der Waals surface area contributed by atoms with Crippen LogP contribution < -0.4 is 10.1 Å². The number of carbonyl (C=O) groups excluding carboxylic acids is 1. The highest BCUT2D eigenvalue weighted by molar-refractivity contribution is 7.99. The molecule has 0 bridgehead atoms. The van der Waals surface area contributed by atoms with Crippen molar-refractivity contribution in [2.45, 2.75) is 25.7 Å². The topological polar surface area (TPSA) is 101 Å². The molecule has 0 unspecified atom stereocenters. The van der Waals surface area contributed by atoms with E-state index in [0.29, 0.717) is 17.1 Å². The summed E-state index contributed by atoms with van der Waals surface area (Å²) in [6.45, 7) is 4.10. The Morgan fingerprint density at radius 1 is 1.28 bits per heavy atom. The minimum absolute atomic E-state index is 0.0805. The lowest BCUT2D eigenvalue weighted by atomic mass is 10.1. The van der Waals surface area contributed by atoms with Gasteiger partial charge in [-0.05, 0) is 49.2 Å². The Labute approximate surface area is 177 Å². The van der Waals surface area contributed by atoms with Crippen LogP contribution in [-0.2, 0) is 11.4 Å². The highest BCUT2D eigenvalue weighted by Crippen LogP contribution is 2.23. The molecule has 1 amide bonds. The van der Waals surface area contributed by atoms with Crippen LogP contribution in [-0.4, -0.2) is 21.9 Å². The number of carbonyl (C=O) groups is 1. The second-order valence-corrected chi connectivity index (χ2v) is 7.50. The molecule has 29 heavy (non-hydrogen) atoms. The van der Waals surface area contributed by atoms with E-state index < -0.39 is 0 Å². The number of thioether (sulfide) groups is 1. The number of nitrogens with one attached hydrogen (secondary N) is 1. The van der Waals surface area contributed by atoms with E-state index in [9.17, 15) is 4.79 Å². The van der Waals surface area contributed by atoms with Crippen molar-refractivity contribution in [2.24, 2.45) is 0 Å². The zero-order valence-electron chi connectivity index (χ0n) is 15.7. The standard InChI is InChI=1S/C20H17ClN4O3S/c1-12-3-4-13(2)17(7-12)27-10-19-24-25-20(28-19)29-11-18(26)23-15-6-5-14(9-22)16(21)8-15/h3-8H,10-11H2,1-2H3,(H,23,26). The van der Waals surface area contributed by atoms with Crippen LogP contribution in [0.5, 0.6) is 5.75 Å². The number of hydrogen-bond acceptors (Lipinski definition) is 7. The van der Waals surface area contributed by atoms with Crippen LogP contribution in [0.3, 0.4) is 0 Å². The Hall–Kier alpha value is -3.02. The van der Waals surface area contributed by atoms with Gasteiger partial charge in [-0.25, -0.2) is 0 Å². The molecule has 148 valence electrons. The van der Waals surface area contributed by atoms with E-state index in [2.05, 4.69) is 15.5 Å². The van der Waals surface area contributed by atoms with Crippen LogP contribution in [0.2, 0.25) is 5.02 Å². The Balaban J connectivity index is 1.50. The van der Waals surface area contributed by atoms with Crippen LogP contribution in [0.1, 0.15) is 22.6 Å². The molecular formula is C20H17ClN4O3S. The third-order valence-corrected chi connectivity index (χ3v) is 4.97. The van der Waals surface area contributed by atoms with Crippen molar-refractivity contribution in [3.8, 4) is 11.8 Å². The minimum Gasteiger partial charge on any atom is -0.484 e. The quantitative estimate of drug-likeness (QED) is 0.552. The molecule has 0 radical (unpaired) electrons. The highest BCUT2D eigenvalue weighted by atomic mass is 35.5. The fraction of sp³-hybridized carbons (Fsp3) is 0.200. The van der Waals surface area contributed by atoms with Crippen molar-refractivity contribution >= 4 is 35.0 Å².